The number of benzene rings is 1. The Morgan fingerprint density at radius 3 is 2.20 bits per heavy atom. The molecule has 13 heteroatoms. The number of amides is 5. The standard InChI is InChI=1S/C41H66N6O7/c1-13-22-43-38(50)30(24-29-19-16-15-17-20-29)44-37(49)28(6)36(54-12)31-21-18-23-47(31)33(48)25-32(53-11)35(27(5)14-2)46(10)39(51)34(26(3)4)45-40(52)41(7,8)42-9/h1,15-17,19-20,26-28,30-32,34-36,42H,14,18,21-25H2,2-12H3,(H,43,50)(H,44,49)(H,45,52)/t27-,28+,30-,31-,32+,34-,35-,36+/m0/s1. The maximum Gasteiger partial charge on any atom is 0.245 e. The van der Waals surface area contributed by atoms with Gasteiger partial charge in [0.05, 0.1) is 48.7 Å². The number of terminal acetylenes is 1. The normalized spacial score (nSPS) is 18.4. The quantitative estimate of drug-likeness (QED) is 0.140. The van der Waals surface area contributed by atoms with Crippen LogP contribution in [0.4, 0.5) is 0 Å². The summed E-state index contributed by atoms with van der Waals surface area (Å²) in [5, 5.41) is 11.5. The molecule has 0 spiro atoms. The summed E-state index contributed by atoms with van der Waals surface area (Å²) in [5.41, 5.74) is -0.00507. The average molecular weight is 755 g/mol. The molecule has 1 heterocycles. The molecule has 13 nitrogen and oxygen atoms in total. The van der Waals surface area contributed by atoms with E-state index < -0.39 is 53.7 Å². The van der Waals surface area contributed by atoms with E-state index in [2.05, 4.69) is 27.2 Å². The van der Waals surface area contributed by atoms with Crippen LogP contribution in [0.15, 0.2) is 30.3 Å². The first-order chi connectivity index (χ1) is 25.5. The van der Waals surface area contributed by atoms with E-state index in [1.165, 1.54) is 7.11 Å². The van der Waals surface area contributed by atoms with Crippen LogP contribution < -0.4 is 21.3 Å². The highest BCUT2D eigenvalue weighted by Crippen LogP contribution is 2.30. The molecule has 5 amide bonds. The Morgan fingerprint density at radius 1 is 1.02 bits per heavy atom. The fourth-order valence-corrected chi connectivity index (χ4v) is 7.10. The van der Waals surface area contributed by atoms with Gasteiger partial charge in [0.15, 0.2) is 0 Å². The van der Waals surface area contributed by atoms with Crippen LogP contribution in [0.5, 0.6) is 0 Å². The molecular formula is C41H66N6O7. The molecule has 1 aliphatic heterocycles. The molecule has 302 valence electrons. The summed E-state index contributed by atoms with van der Waals surface area (Å²) in [6, 6.07) is 6.85. The second-order valence-electron chi connectivity index (χ2n) is 15.3. The van der Waals surface area contributed by atoms with Crippen molar-refractivity contribution in [1.82, 2.24) is 31.1 Å². The van der Waals surface area contributed by atoms with Crippen molar-refractivity contribution >= 4 is 29.5 Å². The van der Waals surface area contributed by atoms with Gasteiger partial charge in [-0.15, -0.1) is 6.42 Å². The van der Waals surface area contributed by atoms with Crippen molar-refractivity contribution in [2.24, 2.45) is 17.8 Å². The molecule has 1 aromatic carbocycles. The van der Waals surface area contributed by atoms with Crippen LogP contribution in [0.3, 0.4) is 0 Å². The molecule has 0 aliphatic carbocycles. The van der Waals surface area contributed by atoms with E-state index in [0.29, 0.717) is 13.0 Å². The molecule has 1 saturated heterocycles. The molecule has 0 radical (unpaired) electrons. The van der Waals surface area contributed by atoms with Gasteiger partial charge in [-0.1, -0.05) is 77.3 Å². The molecule has 54 heavy (non-hydrogen) atoms. The zero-order valence-electron chi connectivity index (χ0n) is 34.4. The summed E-state index contributed by atoms with van der Waals surface area (Å²) >= 11 is 0. The molecule has 2 rings (SSSR count). The van der Waals surface area contributed by atoms with Crippen molar-refractivity contribution in [1.29, 1.82) is 0 Å². The van der Waals surface area contributed by atoms with E-state index in [4.69, 9.17) is 15.9 Å². The minimum absolute atomic E-state index is 0.00335. The molecule has 0 bridgehead atoms. The monoisotopic (exact) mass is 754 g/mol. The van der Waals surface area contributed by atoms with Crippen LogP contribution in [-0.2, 0) is 39.9 Å². The molecular weight excluding hydrogens is 688 g/mol. The van der Waals surface area contributed by atoms with Crippen LogP contribution in [0, 0.1) is 30.1 Å². The highest BCUT2D eigenvalue weighted by atomic mass is 16.5. The van der Waals surface area contributed by atoms with E-state index >= 15 is 0 Å². The number of carbonyl (C=O) groups excluding carboxylic acids is 5. The fourth-order valence-electron chi connectivity index (χ4n) is 7.10. The van der Waals surface area contributed by atoms with Crippen molar-refractivity contribution in [3.8, 4) is 12.3 Å². The third-order valence-corrected chi connectivity index (χ3v) is 11.0. The van der Waals surface area contributed by atoms with Crippen molar-refractivity contribution < 1.29 is 33.4 Å². The van der Waals surface area contributed by atoms with E-state index in [0.717, 1.165) is 18.4 Å². The van der Waals surface area contributed by atoms with Gasteiger partial charge in [-0.25, -0.2) is 0 Å². The molecule has 1 aliphatic rings. The smallest absolute Gasteiger partial charge is 0.245 e. The summed E-state index contributed by atoms with van der Waals surface area (Å²) in [7, 11) is 6.47. The number of carbonyl (C=O) groups is 5. The first-order valence-electron chi connectivity index (χ1n) is 19.2. The summed E-state index contributed by atoms with van der Waals surface area (Å²) < 4.78 is 11.9. The third-order valence-electron chi connectivity index (χ3n) is 11.0. The molecule has 4 N–H and O–H groups in total. The lowest BCUT2D eigenvalue weighted by Gasteiger charge is -2.41. The van der Waals surface area contributed by atoms with Gasteiger partial charge < -0.3 is 40.5 Å². The van der Waals surface area contributed by atoms with E-state index in [1.54, 1.807) is 51.8 Å². The van der Waals surface area contributed by atoms with Crippen LogP contribution in [0.1, 0.15) is 79.7 Å². The molecule has 0 unspecified atom stereocenters. The fraction of sp³-hybridized carbons (Fsp3) is 0.683. The van der Waals surface area contributed by atoms with Crippen LogP contribution in [0.2, 0.25) is 0 Å². The maximum absolute atomic E-state index is 14.2. The average Bonchev–Trinajstić information content (AvgIpc) is 3.64. The first kappa shape index (κ1) is 46.2. The lowest BCUT2D eigenvalue weighted by Crippen LogP contribution is -2.61. The van der Waals surface area contributed by atoms with Crippen molar-refractivity contribution in [3.05, 3.63) is 35.9 Å². The van der Waals surface area contributed by atoms with Crippen molar-refractivity contribution in [3.63, 3.8) is 0 Å². The number of hydrogen-bond acceptors (Lipinski definition) is 8. The number of methoxy groups -OCH3 is 2. The number of likely N-dealkylation sites (tertiary alicyclic amines) is 1. The Hall–Kier alpha value is -3.99. The van der Waals surface area contributed by atoms with E-state index in [-0.39, 0.29) is 54.9 Å². The highest BCUT2D eigenvalue weighted by Gasteiger charge is 2.43. The minimum atomic E-state index is -0.880. The van der Waals surface area contributed by atoms with Gasteiger partial charge in [0, 0.05) is 34.2 Å². The molecule has 1 aromatic rings. The Kier molecular flexibility index (Phi) is 18.6. The summed E-state index contributed by atoms with van der Waals surface area (Å²) in [5.74, 6) is -0.0526. The predicted molar refractivity (Wildman–Crippen MR) is 210 cm³/mol. The number of rotatable bonds is 21. The van der Waals surface area contributed by atoms with E-state index in [9.17, 15) is 24.0 Å². The van der Waals surface area contributed by atoms with Crippen LogP contribution >= 0.6 is 0 Å². The largest absolute Gasteiger partial charge is 0.379 e. The Labute approximate surface area is 323 Å². The number of nitrogens with one attached hydrogen (secondary N) is 4. The van der Waals surface area contributed by atoms with Gasteiger partial charge in [-0.3, -0.25) is 24.0 Å². The molecule has 0 aromatic heterocycles. The van der Waals surface area contributed by atoms with Crippen LogP contribution in [-0.4, -0.2) is 123 Å². The lowest BCUT2D eigenvalue weighted by molar-refractivity contribution is -0.148. The van der Waals surface area contributed by atoms with Gasteiger partial charge in [-0.05, 0) is 51.1 Å². The second-order valence-corrected chi connectivity index (χ2v) is 15.3. The number of likely N-dealkylation sites (N-methyl/N-ethyl adjacent to an activating group) is 2. The Morgan fingerprint density at radius 2 is 1.67 bits per heavy atom. The zero-order valence-corrected chi connectivity index (χ0v) is 34.4. The molecule has 8 atom stereocenters. The molecule has 0 saturated carbocycles. The number of hydrogen-bond donors (Lipinski definition) is 4. The van der Waals surface area contributed by atoms with Gasteiger partial charge in [-0.2, -0.15) is 0 Å². The number of nitrogens with zero attached hydrogens (tertiary/aromatic N) is 2. The molecule has 1 fully saturated rings. The Balaban J connectivity index is 2.29. The summed E-state index contributed by atoms with van der Waals surface area (Å²) in [6.45, 7) is 13.6. The summed E-state index contributed by atoms with van der Waals surface area (Å²) in [4.78, 5) is 71.6. The topological polar surface area (TPSA) is 158 Å². The Bertz CT molecular complexity index is 1430. The second kappa shape index (κ2) is 21.8. The minimum Gasteiger partial charge on any atom is -0.379 e. The maximum atomic E-state index is 14.2. The lowest BCUT2D eigenvalue weighted by atomic mass is 9.89. The van der Waals surface area contributed by atoms with Gasteiger partial charge in [0.1, 0.15) is 12.1 Å². The van der Waals surface area contributed by atoms with Gasteiger partial charge in [0.25, 0.3) is 0 Å². The van der Waals surface area contributed by atoms with Gasteiger partial charge >= 0.3 is 0 Å². The van der Waals surface area contributed by atoms with Crippen molar-refractivity contribution in [2.45, 2.75) is 122 Å². The predicted octanol–water partition coefficient (Wildman–Crippen LogP) is 2.52. The zero-order chi connectivity index (χ0) is 40.7. The SMILES string of the molecule is C#CCNC(=O)[C@H](Cc1ccccc1)NC(=O)[C@H](C)[C@@H](OC)[C@@H]1CCCN1C(=O)C[C@@H](OC)[C@H]([C@@H](C)CC)N(C)C(=O)[C@@H](NC(=O)C(C)(C)NC)C(C)C. The summed E-state index contributed by atoms with van der Waals surface area (Å²) in [6.07, 6.45) is 6.39. The van der Waals surface area contributed by atoms with Crippen LogP contribution in [0.25, 0.3) is 0 Å². The van der Waals surface area contributed by atoms with Gasteiger partial charge in [0.2, 0.25) is 29.5 Å². The highest BCUT2D eigenvalue weighted by molar-refractivity contribution is 5.92. The van der Waals surface area contributed by atoms with E-state index in [1.807, 2.05) is 58.0 Å². The van der Waals surface area contributed by atoms with Crippen molar-refractivity contribution in [2.75, 3.05) is 41.4 Å². The first-order valence-corrected chi connectivity index (χ1v) is 19.2. The number of ether oxygens (including phenoxy) is 2. The third kappa shape index (κ3) is 12.3.